The second-order valence-corrected chi connectivity index (χ2v) is 6.55. The molecule has 1 saturated carbocycles. The first kappa shape index (κ1) is 14.9. The molecule has 0 saturated heterocycles. The molecule has 3 heteroatoms. The van der Waals surface area contributed by atoms with E-state index in [-0.39, 0.29) is 0 Å². The molecule has 2 rings (SSSR count). The molecular formula is C16H24BrNO. The highest BCUT2D eigenvalue weighted by Gasteiger charge is 2.19. The second kappa shape index (κ2) is 6.76. The highest BCUT2D eigenvalue weighted by molar-refractivity contribution is 9.10. The van der Waals surface area contributed by atoms with Crippen molar-refractivity contribution in [2.45, 2.75) is 51.7 Å². The molecule has 0 heterocycles. The monoisotopic (exact) mass is 325 g/mol. The third kappa shape index (κ3) is 3.96. The number of nitrogens with one attached hydrogen (secondary N) is 1. The fraction of sp³-hybridized carbons (Fsp3) is 0.625. The van der Waals surface area contributed by atoms with Gasteiger partial charge in [-0.05, 0) is 63.3 Å². The van der Waals surface area contributed by atoms with Gasteiger partial charge in [-0.3, -0.25) is 0 Å². The number of hydrogen-bond acceptors (Lipinski definition) is 2. The van der Waals surface area contributed by atoms with Gasteiger partial charge in [0.2, 0.25) is 0 Å². The zero-order valence-electron chi connectivity index (χ0n) is 12.1. The lowest BCUT2D eigenvalue weighted by Gasteiger charge is -2.27. The minimum absolute atomic E-state index is 0.346. The first-order valence-corrected chi connectivity index (χ1v) is 8.02. The second-order valence-electron chi connectivity index (χ2n) is 5.69. The van der Waals surface area contributed by atoms with E-state index in [0.29, 0.717) is 12.1 Å². The smallest absolute Gasteiger partial charge is 0.120 e. The highest BCUT2D eigenvalue weighted by atomic mass is 79.9. The summed E-state index contributed by atoms with van der Waals surface area (Å²) < 4.78 is 7.22. The molecule has 106 valence electrons. The fourth-order valence-corrected chi connectivity index (χ4v) is 3.33. The summed E-state index contributed by atoms with van der Waals surface area (Å²) >= 11 is 3.64. The van der Waals surface area contributed by atoms with Gasteiger partial charge in [-0.1, -0.05) is 28.9 Å². The molecule has 1 N–H and O–H groups in total. The molecule has 0 radical (unpaired) electrons. The van der Waals surface area contributed by atoms with E-state index in [4.69, 9.17) is 4.74 Å². The molecule has 19 heavy (non-hydrogen) atoms. The maximum atomic E-state index is 6.10. The Morgan fingerprint density at radius 2 is 1.95 bits per heavy atom. The van der Waals surface area contributed by atoms with E-state index in [2.05, 4.69) is 53.3 Å². The summed E-state index contributed by atoms with van der Waals surface area (Å²) in [6.45, 7) is 4.49. The van der Waals surface area contributed by atoms with Crippen LogP contribution in [0.4, 0.5) is 0 Å². The van der Waals surface area contributed by atoms with Gasteiger partial charge >= 0.3 is 0 Å². The molecule has 0 aromatic heterocycles. The van der Waals surface area contributed by atoms with Crippen molar-refractivity contribution in [1.82, 2.24) is 5.32 Å². The zero-order chi connectivity index (χ0) is 13.8. The van der Waals surface area contributed by atoms with Crippen LogP contribution in [0.2, 0.25) is 0 Å². The first-order valence-electron chi connectivity index (χ1n) is 7.23. The van der Waals surface area contributed by atoms with Crippen LogP contribution in [0.3, 0.4) is 0 Å². The molecule has 1 aromatic rings. The molecule has 2 nitrogen and oxygen atoms in total. The summed E-state index contributed by atoms with van der Waals surface area (Å²) in [4.78, 5) is 0. The minimum atomic E-state index is 0.346. The Morgan fingerprint density at radius 3 is 2.53 bits per heavy atom. The van der Waals surface area contributed by atoms with Crippen molar-refractivity contribution in [1.29, 1.82) is 0 Å². The van der Waals surface area contributed by atoms with Gasteiger partial charge < -0.3 is 10.1 Å². The summed E-state index contributed by atoms with van der Waals surface area (Å²) in [5.74, 6) is 1.85. The van der Waals surface area contributed by atoms with Crippen LogP contribution < -0.4 is 10.1 Å². The van der Waals surface area contributed by atoms with Crippen LogP contribution in [0.15, 0.2) is 22.7 Å². The number of halogens is 1. The average Bonchev–Trinajstić information content (AvgIpc) is 2.41. The summed E-state index contributed by atoms with van der Waals surface area (Å²) in [7, 11) is 1.98. The van der Waals surface area contributed by atoms with Crippen LogP contribution in [0, 0.1) is 5.92 Å². The van der Waals surface area contributed by atoms with Gasteiger partial charge in [0, 0.05) is 10.5 Å². The van der Waals surface area contributed by atoms with Crippen molar-refractivity contribution in [2.24, 2.45) is 5.92 Å². The topological polar surface area (TPSA) is 21.3 Å². The number of ether oxygens (including phenoxy) is 1. The molecular weight excluding hydrogens is 302 g/mol. The standard InChI is InChI=1S/C16H24BrNO/c1-11-4-6-13(7-5-11)19-14-8-9-15(12(2)18-3)16(17)10-14/h8-13,18H,4-7H2,1-3H3. The predicted octanol–water partition coefficient (Wildman–Crippen LogP) is 4.69. The SMILES string of the molecule is CNC(C)c1ccc(OC2CCC(C)CC2)cc1Br. The molecule has 0 bridgehead atoms. The lowest BCUT2D eigenvalue weighted by molar-refractivity contribution is 0.135. The van der Waals surface area contributed by atoms with Crippen molar-refractivity contribution in [3.63, 3.8) is 0 Å². The van der Waals surface area contributed by atoms with Gasteiger partial charge in [0.05, 0.1) is 6.10 Å². The maximum absolute atomic E-state index is 6.10. The zero-order valence-corrected chi connectivity index (χ0v) is 13.7. The largest absolute Gasteiger partial charge is 0.490 e. The van der Waals surface area contributed by atoms with E-state index in [1.54, 1.807) is 0 Å². The van der Waals surface area contributed by atoms with Gasteiger partial charge in [-0.15, -0.1) is 0 Å². The Kier molecular flexibility index (Phi) is 5.28. The number of hydrogen-bond donors (Lipinski definition) is 1. The van der Waals surface area contributed by atoms with Gasteiger partial charge in [-0.2, -0.15) is 0 Å². The van der Waals surface area contributed by atoms with Crippen molar-refractivity contribution in [2.75, 3.05) is 7.05 Å². The van der Waals surface area contributed by atoms with E-state index >= 15 is 0 Å². The Bertz CT molecular complexity index is 413. The third-order valence-electron chi connectivity index (χ3n) is 4.14. The van der Waals surface area contributed by atoms with Crippen LogP contribution in [0.25, 0.3) is 0 Å². The molecule has 1 aromatic carbocycles. The first-order chi connectivity index (χ1) is 9.10. The number of rotatable bonds is 4. The van der Waals surface area contributed by atoms with Crippen LogP contribution in [-0.2, 0) is 0 Å². The van der Waals surface area contributed by atoms with Crippen LogP contribution in [0.5, 0.6) is 5.75 Å². The number of benzene rings is 1. The van der Waals surface area contributed by atoms with Crippen LogP contribution >= 0.6 is 15.9 Å². The normalized spacial score (nSPS) is 25.1. The summed E-state index contributed by atoms with van der Waals surface area (Å²) in [5.41, 5.74) is 1.27. The molecule has 1 unspecified atom stereocenters. The van der Waals surface area contributed by atoms with Crippen molar-refractivity contribution in [3.05, 3.63) is 28.2 Å². The lowest BCUT2D eigenvalue weighted by Crippen LogP contribution is -2.23. The quantitative estimate of drug-likeness (QED) is 0.867. The van der Waals surface area contributed by atoms with E-state index in [1.165, 1.54) is 31.2 Å². The van der Waals surface area contributed by atoms with Crippen molar-refractivity contribution < 1.29 is 4.74 Å². The Labute approximate surface area is 125 Å². The van der Waals surface area contributed by atoms with Crippen molar-refractivity contribution >= 4 is 15.9 Å². The van der Waals surface area contributed by atoms with Gasteiger partial charge in [0.1, 0.15) is 5.75 Å². The fourth-order valence-electron chi connectivity index (χ4n) is 2.63. The lowest BCUT2D eigenvalue weighted by atomic mass is 9.89. The summed E-state index contributed by atoms with van der Waals surface area (Å²) in [6.07, 6.45) is 5.36. The molecule has 0 spiro atoms. The molecule has 1 atom stereocenters. The highest BCUT2D eigenvalue weighted by Crippen LogP contribution is 2.31. The van der Waals surface area contributed by atoms with Gasteiger partial charge in [0.15, 0.2) is 0 Å². The predicted molar refractivity (Wildman–Crippen MR) is 83.7 cm³/mol. The summed E-state index contributed by atoms with van der Waals surface area (Å²) in [5, 5.41) is 3.26. The molecule has 1 fully saturated rings. The third-order valence-corrected chi connectivity index (χ3v) is 4.82. The van der Waals surface area contributed by atoms with Gasteiger partial charge in [-0.25, -0.2) is 0 Å². The maximum Gasteiger partial charge on any atom is 0.120 e. The van der Waals surface area contributed by atoms with E-state index in [0.717, 1.165) is 16.1 Å². The average molecular weight is 326 g/mol. The Morgan fingerprint density at radius 1 is 1.26 bits per heavy atom. The van der Waals surface area contributed by atoms with Crippen LogP contribution in [0.1, 0.15) is 51.1 Å². The minimum Gasteiger partial charge on any atom is -0.490 e. The molecule has 1 aliphatic carbocycles. The van der Waals surface area contributed by atoms with E-state index in [1.807, 2.05) is 7.05 Å². The van der Waals surface area contributed by atoms with Gasteiger partial charge in [0.25, 0.3) is 0 Å². The summed E-state index contributed by atoms with van der Waals surface area (Å²) in [6, 6.07) is 6.68. The Hall–Kier alpha value is -0.540. The molecule has 0 aliphatic heterocycles. The van der Waals surface area contributed by atoms with E-state index < -0.39 is 0 Å². The van der Waals surface area contributed by atoms with Crippen molar-refractivity contribution in [3.8, 4) is 5.75 Å². The Balaban J connectivity index is 2.00. The molecule has 0 amide bonds. The van der Waals surface area contributed by atoms with E-state index in [9.17, 15) is 0 Å². The van der Waals surface area contributed by atoms with Crippen LogP contribution in [-0.4, -0.2) is 13.2 Å². The molecule has 1 aliphatic rings.